The van der Waals surface area contributed by atoms with Crippen LogP contribution in [0.2, 0.25) is 0 Å². The van der Waals surface area contributed by atoms with E-state index >= 15 is 0 Å². The Morgan fingerprint density at radius 2 is 1.71 bits per heavy atom. The van der Waals surface area contributed by atoms with E-state index in [0.717, 1.165) is 16.7 Å². The van der Waals surface area contributed by atoms with Crippen LogP contribution in [0.15, 0.2) is 28.0 Å². The second-order valence-electron chi connectivity index (χ2n) is 3.63. The Kier molecular flexibility index (Phi) is 1.83. The Labute approximate surface area is 84.2 Å². The van der Waals surface area contributed by atoms with Crippen molar-refractivity contribution in [2.24, 2.45) is 0 Å². The third-order valence-electron chi connectivity index (χ3n) is 2.83. The van der Waals surface area contributed by atoms with Crippen LogP contribution in [-0.4, -0.2) is 8.42 Å². The molecule has 0 saturated heterocycles. The summed E-state index contributed by atoms with van der Waals surface area (Å²) in [5.41, 5.74) is 2.81. The maximum absolute atomic E-state index is 11.9. The lowest BCUT2D eigenvalue weighted by Gasteiger charge is -2.03. The monoisotopic (exact) mass is 208 g/mol. The normalized spacial score (nSPS) is 18.5. The highest BCUT2D eigenvalue weighted by atomic mass is 32.2. The minimum atomic E-state index is -3.18. The summed E-state index contributed by atoms with van der Waals surface area (Å²) in [5.74, 6) is 0. The van der Waals surface area contributed by atoms with E-state index in [1.54, 1.807) is 19.1 Å². The SMILES string of the molecule is CC1=C(C)S(=O)(=O)c2cccc(C)c21. The average Bonchev–Trinajstić information content (AvgIpc) is 2.30. The molecule has 1 aromatic rings. The first-order chi connectivity index (χ1) is 6.46. The summed E-state index contributed by atoms with van der Waals surface area (Å²) in [6.07, 6.45) is 0. The molecule has 14 heavy (non-hydrogen) atoms. The van der Waals surface area contributed by atoms with Gasteiger partial charge in [-0.25, -0.2) is 8.42 Å². The quantitative estimate of drug-likeness (QED) is 0.656. The van der Waals surface area contributed by atoms with Crippen LogP contribution in [0.4, 0.5) is 0 Å². The molecule has 0 aliphatic carbocycles. The molecule has 1 aliphatic rings. The zero-order chi connectivity index (χ0) is 10.5. The molecule has 0 N–H and O–H groups in total. The molecule has 0 amide bonds. The van der Waals surface area contributed by atoms with Gasteiger partial charge in [0.25, 0.3) is 0 Å². The number of hydrogen-bond donors (Lipinski definition) is 0. The Hall–Kier alpha value is -1.09. The van der Waals surface area contributed by atoms with Crippen molar-refractivity contribution >= 4 is 15.4 Å². The summed E-state index contributed by atoms with van der Waals surface area (Å²) in [7, 11) is -3.18. The summed E-state index contributed by atoms with van der Waals surface area (Å²) in [6.45, 7) is 5.48. The van der Waals surface area contributed by atoms with Crippen LogP contribution in [0, 0.1) is 6.92 Å². The first-order valence-electron chi connectivity index (χ1n) is 4.49. The zero-order valence-electron chi connectivity index (χ0n) is 8.46. The Bertz CT molecular complexity index is 536. The smallest absolute Gasteiger partial charge is 0.203 e. The number of benzene rings is 1. The largest absolute Gasteiger partial charge is 0.219 e. The van der Waals surface area contributed by atoms with Crippen molar-refractivity contribution in [3.05, 3.63) is 34.2 Å². The summed E-state index contributed by atoms with van der Waals surface area (Å²) in [4.78, 5) is 0.953. The molecule has 0 bridgehead atoms. The van der Waals surface area contributed by atoms with Crippen LogP contribution in [0.1, 0.15) is 25.0 Å². The van der Waals surface area contributed by atoms with Gasteiger partial charge in [-0.3, -0.25) is 0 Å². The molecule has 2 rings (SSSR count). The number of allylic oxidation sites excluding steroid dienone is 2. The average molecular weight is 208 g/mol. The van der Waals surface area contributed by atoms with Gasteiger partial charge in [0.1, 0.15) is 0 Å². The maximum Gasteiger partial charge on any atom is 0.203 e. The topological polar surface area (TPSA) is 34.1 Å². The number of rotatable bonds is 0. The van der Waals surface area contributed by atoms with E-state index in [2.05, 4.69) is 0 Å². The molecule has 0 fully saturated rings. The molecule has 0 radical (unpaired) electrons. The second kappa shape index (κ2) is 2.70. The minimum Gasteiger partial charge on any atom is -0.219 e. The van der Waals surface area contributed by atoms with E-state index < -0.39 is 9.84 Å². The number of hydrogen-bond acceptors (Lipinski definition) is 2. The number of fused-ring (bicyclic) bond motifs is 1. The molecule has 1 aliphatic heterocycles. The van der Waals surface area contributed by atoms with Crippen molar-refractivity contribution in [3.63, 3.8) is 0 Å². The van der Waals surface area contributed by atoms with Gasteiger partial charge in [-0.2, -0.15) is 0 Å². The summed E-state index contributed by atoms with van der Waals surface area (Å²) in [6, 6.07) is 5.41. The van der Waals surface area contributed by atoms with Gasteiger partial charge in [0, 0.05) is 10.5 Å². The molecular weight excluding hydrogens is 196 g/mol. The third kappa shape index (κ3) is 0.989. The molecule has 1 aromatic carbocycles. The van der Waals surface area contributed by atoms with Gasteiger partial charge >= 0.3 is 0 Å². The fraction of sp³-hybridized carbons (Fsp3) is 0.273. The molecule has 3 heteroatoms. The van der Waals surface area contributed by atoms with E-state index in [4.69, 9.17) is 0 Å². The van der Waals surface area contributed by atoms with Crippen LogP contribution >= 0.6 is 0 Å². The third-order valence-corrected chi connectivity index (χ3v) is 4.86. The van der Waals surface area contributed by atoms with Gasteiger partial charge in [0.2, 0.25) is 9.84 Å². The van der Waals surface area contributed by atoms with E-state index in [1.165, 1.54) is 0 Å². The highest BCUT2D eigenvalue weighted by Gasteiger charge is 2.31. The Morgan fingerprint density at radius 3 is 2.29 bits per heavy atom. The van der Waals surface area contributed by atoms with E-state index in [9.17, 15) is 8.42 Å². The lowest BCUT2D eigenvalue weighted by atomic mass is 10.0. The molecule has 0 spiro atoms. The van der Waals surface area contributed by atoms with Crippen molar-refractivity contribution in [2.75, 3.05) is 0 Å². The molecular formula is C11H12O2S. The second-order valence-corrected chi connectivity index (χ2v) is 5.69. The first kappa shape index (κ1) is 9.46. The summed E-state index contributed by atoms with van der Waals surface area (Å²) >= 11 is 0. The molecule has 74 valence electrons. The van der Waals surface area contributed by atoms with E-state index in [1.807, 2.05) is 19.9 Å². The standard InChI is InChI=1S/C11H12O2S/c1-7-5-4-6-10-11(7)8(2)9(3)14(10,12)13/h4-6H,1-3H3. The van der Waals surface area contributed by atoms with Gasteiger partial charge in [0.05, 0.1) is 4.90 Å². The maximum atomic E-state index is 11.9. The van der Waals surface area contributed by atoms with Crippen LogP contribution in [0.3, 0.4) is 0 Å². The van der Waals surface area contributed by atoms with Crippen LogP contribution in [0.5, 0.6) is 0 Å². The highest BCUT2D eigenvalue weighted by Crippen LogP contribution is 2.39. The Morgan fingerprint density at radius 1 is 1.07 bits per heavy atom. The van der Waals surface area contributed by atoms with E-state index in [-0.39, 0.29) is 0 Å². The molecule has 2 nitrogen and oxygen atoms in total. The van der Waals surface area contributed by atoms with Gasteiger partial charge < -0.3 is 0 Å². The Balaban J connectivity index is 2.94. The van der Waals surface area contributed by atoms with Crippen LogP contribution in [0.25, 0.3) is 5.57 Å². The van der Waals surface area contributed by atoms with Crippen LogP contribution in [-0.2, 0) is 9.84 Å². The lowest BCUT2D eigenvalue weighted by Crippen LogP contribution is -1.97. The van der Waals surface area contributed by atoms with Crippen molar-refractivity contribution in [3.8, 4) is 0 Å². The van der Waals surface area contributed by atoms with Crippen LogP contribution < -0.4 is 0 Å². The minimum absolute atomic E-state index is 0.465. The number of sulfone groups is 1. The van der Waals surface area contributed by atoms with Gasteiger partial charge in [-0.1, -0.05) is 12.1 Å². The van der Waals surface area contributed by atoms with Gasteiger partial charge in [-0.15, -0.1) is 0 Å². The predicted molar refractivity (Wildman–Crippen MR) is 56.6 cm³/mol. The van der Waals surface area contributed by atoms with Gasteiger partial charge in [-0.05, 0) is 38.0 Å². The fourth-order valence-electron chi connectivity index (χ4n) is 1.89. The van der Waals surface area contributed by atoms with Crippen molar-refractivity contribution in [1.82, 2.24) is 0 Å². The lowest BCUT2D eigenvalue weighted by molar-refractivity contribution is 0.603. The van der Waals surface area contributed by atoms with Crippen molar-refractivity contribution in [2.45, 2.75) is 25.7 Å². The first-order valence-corrected chi connectivity index (χ1v) is 5.97. The molecule has 1 heterocycles. The van der Waals surface area contributed by atoms with E-state index in [0.29, 0.717) is 9.80 Å². The van der Waals surface area contributed by atoms with Crippen molar-refractivity contribution < 1.29 is 8.42 Å². The highest BCUT2D eigenvalue weighted by molar-refractivity contribution is 7.95. The summed E-state index contributed by atoms with van der Waals surface area (Å²) < 4.78 is 23.8. The van der Waals surface area contributed by atoms with Crippen molar-refractivity contribution in [1.29, 1.82) is 0 Å². The number of aryl methyl sites for hydroxylation is 1. The molecule has 0 aromatic heterocycles. The van der Waals surface area contributed by atoms with Gasteiger partial charge in [0.15, 0.2) is 0 Å². The fourth-order valence-corrected chi connectivity index (χ4v) is 3.56. The summed E-state index contributed by atoms with van der Waals surface area (Å²) in [5, 5.41) is 0. The predicted octanol–water partition coefficient (Wildman–Crippen LogP) is 2.53. The molecule has 0 saturated carbocycles. The molecule has 0 atom stereocenters. The molecule has 0 unspecified atom stereocenters. The zero-order valence-corrected chi connectivity index (χ0v) is 9.27.